The summed E-state index contributed by atoms with van der Waals surface area (Å²) in [4.78, 5) is 11.0. The lowest BCUT2D eigenvalue weighted by Crippen LogP contribution is -1.95. The van der Waals surface area contributed by atoms with Crippen LogP contribution in [-0.2, 0) is 10.5 Å². The Bertz CT molecular complexity index is 520. The van der Waals surface area contributed by atoms with Crippen molar-refractivity contribution < 1.29 is 4.79 Å². The highest BCUT2D eigenvalue weighted by molar-refractivity contribution is 7.99. The summed E-state index contributed by atoms with van der Waals surface area (Å²) in [6.45, 7) is 1.64. The maximum absolute atomic E-state index is 11.0. The van der Waals surface area contributed by atoms with Crippen LogP contribution < -0.4 is 0 Å². The minimum Gasteiger partial charge on any atom is -0.299 e. The minimum atomic E-state index is 0.234. The van der Waals surface area contributed by atoms with Gasteiger partial charge < -0.3 is 0 Å². The van der Waals surface area contributed by atoms with Crippen molar-refractivity contribution in [1.82, 2.24) is 0 Å². The molecule has 0 aliphatic carbocycles. The lowest BCUT2D eigenvalue weighted by atomic mass is 10.0. The number of thioether (sulfide) groups is 1. The van der Waals surface area contributed by atoms with E-state index in [4.69, 9.17) is 0 Å². The topological polar surface area (TPSA) is 17.1 Å². The second kappa shape index (κ2) is 6.41. The molecule has 0 atom stereocenters. The molecule has 2 heteroatoms. The second-order valence-electron chi connectivity index (χ2n) is 4.22. The Morgan fingerprint density at radius 1 is 1.00 bits per heavy atom. The highest BCUT2D eigenvalue weighted by Crippen LogP contribution is 2.26. The first-order valence-electron chi connectivity index (χ1n) is 5.98. The van der Waals surface area contributed by atoms with Gasteiger partial charge in [-0.2, -0.15) is 0 Å². The van der Waals surface area contributed by atoms with Crippen LogP contribution in [0.3, 0.4) is 0 Å². The Balaban J connectivity index is 2.18. The first kappa shape index (κ1) is 12.9. The Morgan fingerprint density at radius 3 is 2.39 bits per heavy atom. The fourth-order valence-electron chi connectivity index (χ4n) is 1.85. The third-order valence-corrected chi connectivity index (χ3v) is 3.79. The van der Waals surface area contributed by atoms with Crippen LogP contribution in [0.4, 0.5) is 0 Å². The molecule has 1 nitrogen and oxygen atoms in total. The summed E-state index contributed by atoms with van der Waals surface area (Å²) in [6, 6.07) is 18.7. The molecule has 18 heavy (non-hydrogen) atoms. The molecule has 0 aliphatic rings. The van der Waals surface area contributed by atoms with E-state index in [1.165, 1.54) is 16.7 Å². The maximum atomic E-state index is 11.0. The van der Waals surface area contributed by atoms with Crippen LogP contribution >= 0.6 is 11.8 Å². The quantitative estimate of drug-likeness (QED) is 0.798. The number of carbonyl (C=O) groups is 1. The van der Waals surface area contributed by atoms with Crippen molar-refractivity contribution in [3.63, 3.8) is 0 Å². The molecule has 0 aromatic heterocycles. The molecule has 0 bridgehead atoms. The Hall–Kier alpha value is -1.54. The summed E-state index contributed by atoms with van der Waals surface area (Å²) in [5, 5.41) is 0. The molecule has 0 saturated carbocycles. The summed E-state index contributed by atoms with van der Waals surface area (Å²) in [6.07, 6.45) is 0. The van der Waals surface area contributed by atoms with Crippen LogP contribution in [0.2, 0.25) is 0 Å². The molecule has 2 aromatic carbocycles. The fraction of sp³-hybridized carbons (Fsp3) is 0.188. The molecule has 0 N–H and O–H groups in total. The molecule has 0 heterocycles. The van der Waals surface area contributed by atoms with Crippen molar-refractivity contribution in [3.05, 3.63) is 60.2 Å². The molecule has 0 aliphatic heterocycles. The van der Waals surface area contributed by atoms with Gasteiger partial charge in [0.25, 0.3) is 0 Å². The Morgan fingerprint density at radius 2 is 1.67 bits per heavy atom. The zero-order valence-corrected chi connectivity index (χ0v) is 11.2. The summed E-state index contributed by atoms with van der Waals surface area (Å²) in [5.74, 6) is 1.70. The SMILES string of the molecule is CC(=O)CSCc1ccccc1-c1ccccc1. The number of ketones is 1. The van der Waals surface area contributed by atoms with Gasteiger partial charge >= 0.3 is 0 Å². The van der Waals surface area contributed by atoms with Crippen molar-refractivity contribution >= 4 is 17.5 Å². The highest BCUT2D eigenvalue weighted by atomic mass is 32.2. The molecular formula is C16H16OS. The predicted molar refractivity (Wildman–Crippen MR) is 78.7 cm³/mol. The van der Waals surface area contributed by atoms with Crippen molar-refractivity contribution in [2.45, 2.75) is 12.7 Å². The second-order valence-corrected chi connectivity index (χ2v) is 5.20. The van der Waals surface area contributed by atoms with E-state index >= 15 is 0 Å². The molecule has 0 amide bonds. The summed E-state index contributed by atoms with van der Waals surface area (Å²) >= 11 is 1.67. The first-order valence-corrected chi connectivity index (χ1v) is 7.13. The van der Waals surface area contributed by atoms with Gasteiger partial charge in [0.2, 0.25) is 0 Å². The van der Waals surface area contributed by atoms with Gasteiger partial charge in [-0.3, -0.25) is 4.79 Å². The average Bonchev–Trinajstić information content (AvgIpc) is 2.40. The van der Waals surface area contributed by atoms with Gasteiger partial charge in [-0.1, -0.05) is 54.6 Å². The van der Waals surface area contributed by atoms with E-state index in [-0.39, 0.29) is 5.78 Å². The van der Waals surface area contributed by atoms with Crippen LogP contribution in [0.25, 0.3) is 11.1 Å². The molecular weight excluding hydrogens is 240 g/mol. The fourth-order valence-corrected chi connectivity index (χ4v) is 2.71. The molecule has 0 saturated heterocycles. The Labute approximate surface area is 112 Å². The normalized spacial score (nSPS) is 10.3. The molecule has 2 rings (SSSR count). The third-order valence-electron chi connectivity index (χ3n) is 2.67. The van der Waals surface area contributed by atoms with E-state index < -0.39 is 0 Å². The number of rotatable bonds is 5. The van der Waals surface area contributed by atoms with Gasteiger partial charge in [-0.25, -0.2) is 0 Å². The van der Waals surface area contributed by atoms with E-state index in [0.29, 0.717) is 5.75 Å². The maximum Gasteiger partial charge on any atom is 0.139 e. The monoisotopic (exact) mass is 256 g/mol. The molecule has 0 radical (unpaired) electrons. The van der Waals surface area contributed by atoms with Crippen molar-refractivity contribution in [3.8, 4) is 11.1 Å². The van der Waals surface area contributed by atoms with Gasteiger partial charge in [-0.05, 0) is 23.6 Å². The predicted octanol–water partition coefficient (Wildman–Crippen LogP) is 4.18. The van der Waals surface area contributed by atoms with E-state index in [1.807, 2.05) is 6.07 Å². The van der Waals surface area contributed by atoms with Crippen LogP contribution in [0.5, 0.6) is 0 Å². The van der Waals surface area contributed by atoms with Crippen molar-refractivity contribution in [2.75, 3.05) is 5.75 Å². The number of Topliss-reactive ketones (excluding diaryl/α,β-unsaturated/α-hetero) is 1. The lowest BCUT2D eigenvalue weighted by molar-refractivity contribution is -0.114. The zero-order chi connectivity index (χ0) is 12.8. The average molecular weight is 256 g/mol. The van der Waals surface area contributed by atoms with Crippen LogP contribution in [0.1, 0.15) is 12.5 Å². The largest absolute Gasteiger partial charge is 0.299 e. The molecule has 0 spiro atoms. The molecule has 0 unspecified atom stereocenters. The Kier molecular flexibility index (Phi) is 4.59. The standard InChI is InChI=1S/C16H16OS/c1-13(17)11-18-12-15-9-5-6-10-16(15)14-7-3-2-4-8-14/h2-10H,11-12H2,1H3. The van der Waals surface area contributed by atoms with Crippen LogP contribution in [0, 0.1) is 0 Å². The highest BCUT2D eigenvalue weighted by Gasteiger charge is 2.04. The summed E-state index contributed by atoms with van der Waals surface area (Å²) in [5.41, 5.74) is 3.78. The van der Waals surface area contributed by atoms with Gasteiger partial charge in [0, 0.05) is 5.75 Å². The van der Waals surface area contributed by atoms with E-state index in [1.54, 1.807) is 18.7 Å². The lowest BCUT2D eigenvalue weighted by Gasteiger charge is -2.09. The molecule has 0 fully saturated rings. The van der Waals surface area contributed by atoms with E-state index in [9.17, 15) is 4.79 Å². The number of benzene rings is 2. The smallest absolute Gasteiger partial charge is 0.139 e. The zero-order valence-electron chi connectivity index (χ0n) is 10.4. The summed E-state index contributed by atoms with van der Waals surface area (Å²) < 4.78 is 0. The first-order chi connectivity index (χ1) is 8.77. The van der Waals surface area contributed by atoms with Crippen LogP contribution in [-0.4, -0.2) is 11.5 Å². The molecule has 92 valence electrons. The van der Waals surface area contributed by atoms with Crippen molar-refractivity contribution in [1.29, 1.82) is 0 Å². The third kappa shape index (κ3) is 3.47. The molecule has 2 aromatic rings. The minimum absolute atomic E-state index is 0.234. The number of hydrogen-bond donors (Lipinski definition) is 0. The van der Waals surface area contributed by atoms with Gasteiger partial charge in [0.05, 0.1) is 5.75 Å². The van der Waals surface area contributed by atoms with E-state index in [2.05, 4.69) is 48.5 Å². The summed E-state index contributed by atoms with van der Waals surface area (Å²) in [7, 11) is 0. The van der Waals surface area contributed by atoms with Gasteiger partial charge in [0.1, 0.15) is 5.78 Å². The number of carbonyl (C=O) groups excluding carboxylic acids is 1. The van der Waals surface area contributed by atoms with E-state index in [0.717, 1.165) is 5.75 Å². The van der Waals surface area contributed by atoms with Crippen LogP contribution in [0.15, 0.2) is 54.6 Å². The number of hydrogen-bond acceptors (Lipinski definition) is 2. The van der Waals surface area contributed by atoms with Crippen molar-refractivity contribution in [2.24, 2.45) is 0 Å². The van der Waals surface area contributed by atoms with Gasteiger partial charge in [-0.15, -0.1) is 11.8 Å². The van der Waals surface area contributed by atoms with Gasteiger partial charge in [0.15, 0.2) is 0 Å².